The number of nitrogens with one attached hydrogen (secondary N) is 1. The third-order valence-corrected chi connectivity index (χ3v) is 2.71. The van der Waals surface area contributed by atoms with Crippen LogP contribution in [0.4, 0.5) is 0 Å². The second-order valence-corrected chi connectivity index (χ2v) is 3.82. The SMILES string of the molecule is COc1ccc2[nH]c(Cl)c(C(C)O)c2c1. The highest BCUT2D eigenvalue weighted by atomic mass is 35.5. The van der Waals surface area contributed by atoms with Gasteiger partial charge in [-0.3, -0.25) is 0 Å². The normalized spacial score (nSPS) is 13.1. The number of fused-ring (bicyclic) bond motifs is 1. The molecule has 2 aromatic rings. The smallest absolute Gasteiger partial charge is 0.119 e. The molecule has 0 aliphatic carbocycles. The Bertz CT molecular complexity index is 491. The summed E-state index contributed by atoms with van der Waals surface area (Å²) in [6.45, 7) is 1.69. The van der Waals surface area contributed by atoms with Crippen LogP contribution in [0.1, 0.15) is 18.6 Å². The van der Waals surface area contributed by atoms with Crippen molar-refractivity contribution in [1.29, 1.82) is 0 Å². The summed E-state index contributed by atoms with van der Waals surface area (Å²) in [4.78, 5) is 3.01. The van der Waals surface area contributed by atoms with Gasteiger partial charge in [0.15, 0.2) is 0 Å². The molecule has 1 aromatic heterocycles. The fourth-order valence-electron chi connectivity index (χ4n) is 1.69. The summed E-state index contributed by atoms with van der Waals surface area (Å²) in [5.74, 6) is 0.750. The topological polar surface area (TPSA) is 45.2 Å². The molecule has 1 heterocycles. The van der Waals surface area contributed by atoms with Crippen molar-refractivity contribution in [2.45, 2.75) is 13.0 Å². The number of rotatable bonds is 2. The number of benzene rings is 1. The first-order valence-electron chi connectivity index (χ1n) is 4.66. The van der Waals surface area contributed by atoms with Crippen molar-refractivity contribution in [2.75, 3.05) is 7.11 Å². The van der Waals surface area contributed by atoms with Crippen molar-refractivity contribution in [2.24, 2.45) is 0 Å². The number of H-pyrrole nitrogens is 1. The number of aliphatic hydroxyl groups is 1. The number of hydrogen-bond donors (Lipinski definition) is 2. The minimum atomic E-state index is -0.599. The summed E-state index contributed by atoms with van der Waals surface area (Å²) in [5.41, 5.74) is 1.61. The minimum Gasteiger partial charge on any atom is -0.497 e. The van der Waals surface area contributed by atoms with E-state index in [0.29, 0.717) is 10.7 Å². The predicted molar refractivity (Wildman–Crippen MR) is 60.5 cm³/mol. The van der Waals surface area contributed by atoms with Gasteiger partial charge in [-0.15, -0.1) is 0 Å². The number of aliphatic hydroxyl groups excluding tert-OH is 1. The van der Waals surface area contributed by atoms with Crippen LogP contribution in [0.2, 0.25) is 5.15 Å². The summed E-state index contributed by atoms with van der Waals surface area (Å²) in [7, 11) is 1.61. The van der Waals surface area contributed by atoms with Crippen molar-refractivity contribution in [3.8, 4) is 5.75 Å². The van der Waals surface area contributed by atoms with Crippen LogP contribution in [0, 0.1) is 0 Å². The lowest BCUT2D eigenvalue weighted by atomic mass is 10.1. The molecule has 0 saturated heterocycles. The average Bonchev–Trinajstić information content (AvgIpc) is 2.52. The Hall–Kier alpha value is -1.19. The molecule has 0 radical (unpaired) electrons. The van der Waals surface area contributed by atoms with Crippen molar-refractivity contribution < 1.29 is 9.84 Å². The first-order valence-corrected chi connectivity index (χ1v) is 5.04. The molecule has 15 heavy (non-hydrogen) atoms. The summed E-state index contributed by atoms with van der Waals surface area (Å²) in [6, 6.07) is 5.59. The maximum absolute atomic E-state index is 9.61. The minimum absolute atomic E-state index is 0.480. The van der Waals surface area contributed by atoms with E-state index in [2.05, 4.69) is 4.98 Å². The molecule has 4 heteroatoms. The maximum Gasteiger partial charge on any atom is 0.119 e. The van der Waals surface area contributed by atoms with Crippen molar-refractivity contribution in [1.82, 2.24) is 4.98 Å². The summed E-state index contributed by atoms with van der Waals surface area (Å²) in [6.07, 6.45) is -0.599. The molecule has 0 amide bonds. The van der Waals surface area contributed by atoms with E-state index in [1.807, 2.05) is 18.2 Å². The van der Waals surface area contributed by atoms with E-state index in [-0.39, 0.29) is 0 Å². The Morgan fingerprint density at radius 1 is 1.47 bits per heavy atom. The molecule has 2 rings (SSSR count). The largest absolute Gasteiger partial charge is 0.497 e. The average molecular weight is 226 g/mol. The van der Waals surface area contributed by atoms with Gasteiger partial charge in [0.05, 0.1) is 13.2 Å². The van der Waals surface area contributed by atoms with Crippen LogP contribution >= 0.6 is 11.6 Å². The molecule has 1 atom stereocenters. The van der Waals surface area contributed by atoms with E-state index in [1.54, 1.807) is 14.0 Å². The zero-order valence-corrected chi connectivity index (χ0v) is 9.30. The van der Waals surface area contributed by atoms with Crippen molar-refractivity contribution in [3.63, 3.8) is 0 Å². The third kappa shape index (κ3) is 1.68. The zero-order chi connectivity index (χ0) is 11.0. The lowest BCUT2D eigenvalue weighted by Crippen LogP contribution is -1.90. The van der Waals surface area contributed by atoms with Crippen LogP contribution in [-0.2, 0) is 0 Å². The molecule has 1 unspecified atom stereocenters. The van der Waals surface area contributed by atoms with Gasteiger partial charge in [0.2, 0.25) is 0 Å². The van der Waals surface area contributed by atoms with Gasteiger partial charge in [-0.2, -0.15) is 0 Å². The van der Waals surface area contributed by atoms with E-state index in [0.717, 1.165) is 16.7 Å². The molecule has 2 N–H and O–H groups in total. The Labute approximate surface area is 92.6 Å². The molecular formula is C11H12ClNO2. The number of ether oxygens (including phenoxy) is 1. The monoisotopic (exact) mass is 225 g/mol. The first-order chi connectivity index (χ1) is 7.13. The quantitative estimate of drug-likeness (QED) is 0.826. The van der Waals surface area contributed by atoms with Gasteiger partial charge >= 0.3 is 0 Å². The fraction of sp³-hybridized carbons (Fsp3) is 0.273. The van der Waals surface area contributed by atoms with Crippen LogP contribution in [0.15, 0.2) is 18.2 Å². The molecule has 80 valence electrons. The van der Waals surface area contributed by atoms with E-state index >= 15 is 0 Å². The van der Waals surface area contributed by atoms with E-state index in [9.17, 15) is 5.11 Å². The zero-order valence-electron chi connectivity index (χ0n) is 8.54. The lowest BCUT2D eigenvalue weighted by Gasteiger charge is -2.04. The predicted octanol–water partition coefficient (Wildman–Crippen LogP) is 2.88. The molecule has 0 aliphatic heterocycles. The van der Waals surface area contributed by atoms with Gasteiger partial charge in [0.1, 0.15) is 10.9 Å². The van der Waals surface area contributed by atoms with Crippen LogP contribution < -0.4 is 4.74 Å². The Kier molecular flexibility index (Phi) is 2.59. The molecule has 0 saturated carbocycles. The van der Waals surface area contributed by atoms with E-state index in [4.69, 9.17) is 16.3 Å². The van der Waals surface area contributed by atoms with Crippen LogP contribution in [-0.4, -0.2) is 17.2 Å². The van der Waals surface area contributed by atoms with E-state index in [1.165, 1.54) is 0 Å². The fourth-order valence-corrected chi connectivity index (χ4v) is 2.06. The van der Waals surface area contributed by atoms with Crippen LogP contribution in [0.5, 0.6) is 5.75 Å². The first kappa shape index (κ1) is 10.3. The van der Waals surface area contributed by atoms with Crippen molar-refractivity contribution >= 4 is 22.5 Å². The Morgan fingerprint density at radius 2 is 2.20 bits per heavy atom. The third-order valence-electron chi connectivity index (χ3n) is 2.42. The van der Waals surface area contributed by atoms with Gasteiger partial charge in [0.25, 0.3) is 0 Å². The maximum atomic E-state index is 9.61. The molecule has 0 aliphatic rings. The second kappa shape index (κ2) is 3.76. The molecule has 0 fully saturated rings. The standard InChI is InChI=1S/C11H12ClNO2/c1-6(14)10-8-5-7(15-2)3-4-9(8)13-11(10)12/h3-6,13-14H,1-2H3. The summed E-state index contributed by atoms with van der Waals surface area (Å²) in [5, 5.41) is 11.0. The molecule has 1 aromatic carbocycles. The molecule has 0 bridgehead atoms. The lowest BCUT2D eigenvalue weighted by molar-refractivity contribution is 0.201. The summed E-state index contributed by atoms with van der Waals surface area (Å²) >= 11 is 6.00. The van der Waals surface area contributed by atoms with Gasteiger partial charge < -0.3 is 14.8 Å². The van der Waals surface area contributed by atoms with Crippen LogP contribution in [0.3, 0.4) is 0 Å². The van der Waals surface area contributed by atoms with Crippen molar-refractivity contribution in [3.05, 3.63) is 28.9 Å². The highest BCUT2D eigenvalue weighted by Gasteiger charge is 2.14. The van der Waals surface area contributed by atoms with Gasteiger partial charge in [-0.25, -0.2) is 0 Å². The van der Waals surface area contributed by atoms with Gasteiger partial charge in [0, 0.05) is 16.5 Å². The number of hydrogen-bond acceptors (Lipinski definition) is 2. The highest BCUT2D eigenvalue weighted by molar-refractivity contribution is 6.31. The van der Waals surface area contributed by atoms with E-state index < -0.39 is 6.10 Å². The number of methoxy groups -OCH3 is 1. The Morgan fingerprint density at radius 3 is 2.80 bits per heavy atom. The van der Waals surface area contributed by atoms with Gasteiger partial charge in [-0.1, -0.05) is 11.6 Å². The highest BCUT2D eigenvalue weighted by Crippen LogP contribution is 2.33. The number of aromatic amines is 1. The molecule has 0 spiro atoms. The number of halogens is 1. The molecule has 3 nitrogen and oxygen atoms in total. The summed E-state index contributed by atoms with van der Waals surface area (Å²) < 4.78 is 5.13. The Balaban J connectivity index is 2.72. The second-order valence-electron chi connectivity index (χ2n) is 3.44. The molecular weight excluding hydrogens is 214 g/mol. The van der Waals surface area contributed by atoms with Crippen LogP contribution in [0.25, 0.3) is 10.9 Å². The number of aromatic nitrogens is 1. The van der Waals surface area contributed by atoms with Gasteiger partial charge in [-0.05, 0) is 25.1 Å².